The number of hydrogen-bond donors (Lipinski definition) is 1. The van der Waals surface area contributed by atoms with Crippen molar-refractivity contribution in [3.63, 3.8) is 0 Å². The normalized spacial score (nSPS) is 10.6. The summed E-state index contributed by atoms with van der Waals surface area (Å²) >= 11 is 0.970. The summed E-state index contributed by atoms with van der Waals surface area (Å²) in [6, 6.07) is 0. The first-order chi connectivity index (χ1) is 8.57. The Morgan fingerprint density at radius 3 is 2.56 bits per heavy atom. The second kappa shape index (κ2) is 7.27. The van der Waals surface area contributed by atoms with E-state index in [2.05, 4.69) is 4.37 Å². The first kappa shape index (κ1) is 14.8. The molecule has 0 atom stereocenters. The topological polar surface area (TPSA) is 85.3 Å². The minimum absolute atomic E-state index is 0.136. The maximum absolute atomic E-state index is 10.9. The minimum atomic E-state index is -0.356. The number of unbranched alkanes of at least 4 members (excludes halogenated alkanes) is 3. The zero-order valence-corrected chi connectivity index (χ0v) is 11.7. The second-order valence-corrected chi connectivity index (χ2v) is 5.14. The summed E-state index contributed by atoms with van der Waals surface area (Å²) in [4.78, 5) is 12.3. The van der Waals surface area contributed by atoms with Crippen molar-refractivity contribution in [2.45, 2.75) is 32.1 Å². The molecule has 0 saturated heterocycles. The third-order valence-corrected chi connectivity index (χ3v) is 3.53. The number of nitrogens with zero attached hydrogens (tertiary/aromatic N) is 3. The molecule has 7 heteroatoms. The highest BCUT2D eigenvalue weighted by molar-refractivity contribution is 7.10. The van der Waals surface area contributed by atoms with E-state index in [4.69, 9.17) is 5.73 Å². The van der Waals surface area contributed by atoms with Gasteiger partial charge in [-0.15, -0.1) is 0 Å². The third-order valence-electron chi connectivity index (χ3n) is 2.70. The summed E-state index contributed by atoms with van der Waals surface area (Å²) in [5.41, 5.74) is 6.92. The lowest BCUT2D eigenvalue weighted by Gasteiger charge is -2.11. The van der Waals surface area contributed by atoms with Gasteiger partial charge < -0.3 is 10.6 Å². The SMILES string of the molecule is CN(C)c1c(CCCCCCN)nsc1[N+](=O)[O-]. The number of nitro groups is 1. The number of aryl methyl sites for hydroxylation is 1. The van der Waals surface area contributed by atoms with Gasteiger partial charge in [-0.05, 0) is 25.8 Å². The Kier molecular flexibility index (Phi) is 6.00. The summed E-state index contributed by atoms with van der Waals surface area (Å²) < 4.78 is 4.21. The van der Waals surface area contributed by atoms with E-state index in [1.54, 1.807) is 4.90 Å². The lowest BCUT2D eigenvalue weighted by Crippen LogP contribution is -2.11. The minimum Gasteiger partial charge on any atom is -0.370 e. The predicted molar refractivity (Wildman–Crippen MR) is 74.3 cm³/mol. The standard InChI is InChI=1S/C11H20N4O2S/c1-14(2)10-9(7-5-3-4-6-8-12)13-18-11(10)15(16)17/h3-8,12H2,1-2H3. The van der Waals surface area contributed by atoms with Gasteiger partial charge in [-0.3, -0.25) is 10.1 Å². The van der Waals surface area contributed by atoms with Crippen molar-refractivity contribution in [2.24, 2.45) is 5.73 Å². The predicted octanol–water partition coefficient (Wildman–Crippen LogP) is 2.18. The summed E-state index contributed by atoms with van der Waals surface area (Å²) in [6.07, 6.45) is 5.04. The molecular weight excluding hydrogens is 252 g/mol. The molecule has 18 heavy (non-hydrogen) atoms. The summed E-state index contributed by atoms with van der Waals surface area (Å²) in [6.45, 7) is 0.727. The number of hydrogen-bond acceptors (Lipinski definition) is 6. The van der Waals surface area contributed by atoms with Crippen LogP contribution in [-0.4, -0.2) is 29.9 Å². The second-order valence-electron chi connectivity index (χ2n) is 4.39. The molecule has 0 spiro atoms. The van der Waals surface area contributed by atoms with Gasteiger partial charge >= 0.3 is 5.00 Å². The van der Waals surface area contributed by atoms with Crippen LogP contribution in [0.5, 0.6) is 0 Å². The largest absolute Gasteiger partial charge is 0.370 e. The Morgan fingerprint density at radius 1 is 1.33 bits per heavy atom. The summed E-state index contributed by atoms with van der Waals surface area (Å²) in [7, 11) is 3.63. The zero-order valence-electron chi connectivity index (χ0n) is 10.9. The Hall–Kier alpha value is -1.21. The van der Waals surface area contributed by atoms with Gasteiger partial charge in [-0.1, -0.05) is 12.8 Å². The Bertz CT molecular complexity index is 392. The van der Waals surface area contributed by atoms with Crippen LogP contribution in [-0.2, 0) is 6.42 Å². The van der Waals surface area contributed by atoms with Crippen molar-refractivity contribution in [1.82, 2.24) is 4.37 Å². The average Bonchev–Trinajstić information content (AvgIpc) is 2.72. The zero-order chi connectivity index (χ0) is 13.5. The highest BCUT2D eigenvalue weighted by Gasteiger charge is 2.24. The van der Waals surface area contributed by atoms with E-state index in [0.717, 1.165) is 55.9 Å². The van der Waals surface area contributed by atoms with E-state index in [1.807, 2.05) is 14.1 Å². The molecule has 0 saturated carbocycles. The summed E-state index contributed by atoms with van der Waals surface area (Å²) in [5.74, 6) is 0. The van der Waals surface area contributed by atoms with E-state index < -0.39 is 0 Å². The van der Waals surface area contributed by atoms with Crippen LogP contribution in [0, 0.1) is 10.1 Å². The van der Waals surface area contributed by atoms with E-state index in [-0.39, 0.29) is 9.92 Å². The molecule has 1 aromatic rings. The molecule has 1 rings (SSSR count). The van der Waals surface area contributed by atoms with Gasteiger partial charge in [0.1, 0.15) is 0 Å². The molecular formula is C11H20N4O2S. The molecule has 0 unspecified atom stereocenters. The lowest BCUT2D eigenvalue weighted by atomic mass is 10.1. The highest BCUT2D eigenvalue weighted by atomic mass is 32.1. The van der Waals surface area contributed by atoms with Crippen LogP contribution in [0.15, 0.2) is 0 Å². The number of anilines is 1. The van der Waals surface area contributed by atoms with Crippen LogP contribution in [0.3, 0.4) is 0 Å². The molecule has 102 valence electrons. The van der Waals surface area contributed by atoms with Gasteiger partial charge in [-0.25, -0.2) is 0 Å². The van der Waals surface area contributed by atoms with Crippen molar-refractivity contribution in [3.05, 3.63) is 15.8 Å². The Balaban J connectivity index is 2.62. The maximum atomic E-state index is 10.9. The van der Waals surface area contributed by atoms with E-state index in [0.29, 0.717) is 5.69 Å². The molecule has 2 N–H and O–H groups in total. The first-order valence-electron chi connectivity index (χ1n) is 6.08. The molecule has 0 aliphatic rings. The number of rotatable bonds is 8. The van der Waals surface area contributed by atoms with Crippen LogP contribution in [0.25, 0.3) is 0 Å². The van der Waals surface area contributed by atoms with Crippen LogP contribution < -0.4 is 10.6 Å². The molecule has 6 nitrogen and oxygen atoms in total. The molecule has 0 fully saturated rings. The quantitative estimate of drug-likeness (QED) is 0.445. The fourth-order valence-electron chi connectivity index (χ4n) is 1.83. The number of nitrogens with two attached hydrogens (primary N) is 1. The Morgan fingerprint density at radius 2 is 2.00 bits per heavy atom. The fraction of sp³-hybridized carbons (Fsp3) is 0.727. The van der Waals surface area contributed by atoms with Crippen molar-refractivity contribution in [1.29, 1.82) is 0 Å². The van der Waals surface area contributed by atoms with Crippen LogP contribution in [0.2, 0.25) is 0 Å². The van der Waals surface area contributed by atoms with Crippen molar-refractivity contribution in [2.75, 3.05) is 25.5 Å². The molecule has 1 aromatic heterocycles. The van der Waals surface area contributed by atoms with E-state index in [9.17, 15) is 10.1 Å². The molecule has 0 aromatic carbocycles. The monoisotopic (exact) mass is 272 g/mol. The molecule has 0 amide bonds. The molecule has 0 aliphatic carbocycles. The van der Waals surface area contributed by atoms with Gasteiger partial charge in [0.25, 0.3) is 0 Å². The van der Waals surface area contributed by atoms with E-state index >= 15 is 0 Å². The highest BCUT2D eigenvalue weighted by Crippen LogP contribution is 2.35. The maximum Gasteiger partial charge on any atom is 0.366 e. The number of aromatic nitrogens is 1. The van der Waals surface area contributed by atoms with Crippen LogP contribution in [0.4, 0.5) is 10.7 Å². The van der Waals surface area contributed by atoms with Gasteiger partial charge in [0.2, 0.25) is 0 Å². The van der Waals surface area contributed by atoms with Gasteiger partial charge in [-0.2, -0.15) is 4.37 Å². The molecule has 0 bridgehead atoms. The smallest absolute Gasteiger partial charge is 0.366 e. The molecule has 0 radical (unpaired) electrons. The lowest BCUT2D eigenvalue weighted by molar-refractivity contribution is -0.379. The van der Waals surface area contributed by atoms with Crippen molar-refractivity contribution in [3.8, 4) is 0 Å². The van der Waals surface area contributed by atoms with Gasteiger partial charge in [0, 0.05) is 25.6 Å². The first-order valence-corrected chi connectivity index (χ1v) is 6.85. The summed E-state index contributed by atoms with van der Waals surface area (Å²) in [5, 5.41) is 11.0. The molecule has 1 heterocycles. The van der Waals surface area contributed by atoms with E-state index in [1.165, 1.54) is 0 Å². The van der Waals surface area contributed by atoms with Gasteiger partial charge in [0.05, 0.1) is 10.6 Å². The molecule has 0 aliphatic heterocycles. The third kappa shape index (κ3) is 3.92. The van der Waals surface area contributed by atoms with Crippen molar-refractivity contribution < 1.29 is 4.92 Å². The van der Waals surface area contributed by atoms with Gasteiger partial charge in [0.15, 0.2) is 5.69 Å². The van der Waals surface area contributed by atoms with Crippen LogP contribution in [0.1, 0.15) is 31.4 Å². The van der Waals surface area contributed by atoms with Crippen molar-refractivity contribution >= 4 is 22.2 Å². The average molecular weight is 272 g/mol. The fourth-order valence-corrected chi connectivity index (χ4v) is 2.66. The van der Waals surface area contributed by atoms with Crippen LogP contribution >= 0.6 is 11.5 Å². The Labute approximate surface area is 111 Å².